The lowest BCUT2D eigenvalue weighted by Crippen LogP contribution is -2.56. The molecule has 2 aromatic rings. The average molecular weight is 408 g/mol. The van der Waals surface area contributed by atoms with E-state index in [0.29, 0.717) is 19.3 Å². The first-order valence-corrected chi connectivity index (χ1v) is 9.21. The van der Waals surface area contributed by atoms with Crippen LogP contribution in [-0.4, -0.2) is 33.6 Å². The van der Waals surface area contributed by atoms with Crippen LogP contribution >= 0.6 is 0 Å². The monoisotopic (exact) mass is 408 g/mol. The van der Waals surface area contributed by atoms with Gasteiger partial charge in [0.2, 0.25) is 5.91 Å². The van der Waals surface area contributed by atoms with Gasteiger partial charge in [-0.1, -0.05) is 48.5 Å². The van der Waals surface area contributed by atoms with Crippen LogP contribution in [0, 0.1) is 5.82 Å². The molecule has 1 atom stereocenters. The van der Waals surface area contributed by atoms with E-state index in [1.165, 1.54) is 18.2 Å². The Morgan fingerprint density at radius 1 is 1.07 bits per heavy atom. The number of hydrogen-bond donors (Lipinski definition) is 1. The lowest BCUT2D eigenvalue weighted by Gasteiger charge is -2.32. The molecule has 3 rings (SSSR count). The number of rotatable bonds is 6. The Hall–Kier alpha value is -2.74. The van der Waals surface area contributed by atoms with E-state index in [1.807, 2.05) is 30.3 Å². The quantitative estimate of drug-likeness (QED) is 0.568. The Morgan fingerprint density at radius 3 is 2.38 bits per heavy atom. The molecule has 1 heterocycles. The fraction of sp³-hybridized carbons (Fsp3) is 0.333. The predicted molar refractivity (Wildman–Crippen MR) is 99.4 cm³/mol. The highest BCUT2D eigenvalue weighted by molar-refractivity contribution is 6.03. The second-order valence-corrected chi connectivity index (χ2v) is 6.92. The molecular weight excluding hydrogens is 388 g/mol. The number of alkyl halides is 3. The first-order chi connectivity index (χ1) is 13.7. The predicted octanol–water partition coefficient (Wildman–Crippen LogP) is 4.43. The van der Waals surface area contributed by atoms with Crippen molar-refractivity contribution in [3.05, 3.63) is 71.5 Å². The zero-order chi connectivity index (χ0) is 21.1. The molecule has 0 bridgehead atoms. The minimum atomic E-state index is -5.14. The number of nitrogens with zero attached hydrogens (tertiary/aromatic N) is 2. The van der Waals surface area contributed by atoms with Gasteiger partial charge in [-0.2, -0.15) is 23.3 Å². The SMILES string of the molecule is O=C(CCCCc1ccccc1)N1N=C(c2ccccc2F)CC1(O)C(F)(F)F. The highest BCUT2D eigenvalue weighted by Crippen LogP contribution is 2.41. The Labute approximate surface area is 165 Å². The fourth-order valence-corrected chi connectivity index (χ4v) is 3.23. The number of amides is 1. The van der Waals surface area contributed by atoms with E-state index in [2.05, 4.69) is 5.10 Å². The van der Waals surface area contributed by atoms with Crippen LogP contribution < -0.4 is 0 Å². The smallest absolute Gasteiger partial charge is 0.362 e. The van der Waals surface area contributed by atoms with Gasteiger partial charge in [-0.05, 0) is 30.9 Å². The molecule has 1 N–H and O–H groups in total. The summed E-state index contributed by atoms with van der Waals surface area (Å²) in [5, 5.41) is 14.0. The summed E-state index contributed by atoms with van der Waals surface area (Å²) < 4.78 is 54.6. The fourth-order valence-electron chi connectivity index (χ4n) is 3.23. The molecule has 0 aliphatic carbocycles. The average Bonchev–Trinajstić information content (AvgIpc) is 3.05. The molecule has 0 aromatic heterocycles. The van der Waals surface area contributed by atoms with Crippen molar-refractivity contribution >= 4 is 11.6 Å². The molecule has 0 spiro atoms. The third-order valence-electron chi connectivity index (χ3n) is 4.81. The first kappa shape index (κ1) is 21.0. The van der Waals surface area contributed by atoms with Gasteiger partial charge >= 0.3 is 6.18 Å². The maximum absolute atomic E-state index is 14.0. The number of benzene rings is 2. The maximum atomic E-state index is 14.0. The van der Waals surface area contributed by atoms with E-state index in [9.17, 15) is 27.5 Å². The number of hydrogen-bond acceptors (Lipinski definition) is 3. The molecule has 29 heavy (non-hydrogen) atoms. The van der Waals surface area contributed by atoms with Crippen LogP contribution in [0.25, 0.3) is 0 Å². The molecule has 8 heteroatoms. The molecular formula is C21H20F4N2O2. The molecule has 0 saturated heterocycles. The number of aryl methyl sites for hydroxylation is 1. The molecule has 0 radical (unpaired) electrons. The lowest BCUT2D eigenvalue weighted by atomic mass is 10.00. The summed E-state index contributed by atoms with van der Waals surface area (Å²) in [6.45, 7) is 0. The second kappa shape index (κ2) is 8.32. The minimum Gasteiger partial charge on any atom is -0.362 e. The molecule has 1 amide bonds. The van der Waals surface area contributed by atoms with Gasteiger partial charge in [0.1, 0.15) is 5.82 Å². The maximum Gasteiger partial charge on any atom is 0.438 e. The van der Waals surface area contributed by atoms with Gasteiger partial charge in [0.25, 0.3) is 5.72 Å². The third kappa shape index (κ3) is 4.48. The molecule has 154 valence electrons. The molecule has 0 fully saturated rings. The topological polar surface area (TPSA) is 52.9 Å². The summed E-state index contributed by atoms with van der Waals surface area (Å²) in [4.78, 5) is 12.4. The van der Waals surface area contributed by atoms with E-state index in [1.54, 1.807) is 0 Å². The van der Waals surface area contributed by atoms with Crippen LogP contribution in [-0.2, 0) is 11.2 Å². The van der Waals surface area contributed by atoms with Crippen molar-refractivity contribution < 1.29 is 27.5 Å². The van der Waals surface area contributed by atoms with Crippen LogP contribution in [0.5, 0.6) is 0 Å². The zero-order valence-electron chi connectivity index (χ0n) is 15.5. The summed E-state index contributed by atoms with van der Waals surface area (Å²) in [5.41, 5.74) is -2.91. The van der Waals surface area contributed by atoms with E-state index in [0.717, 1.165) is 11.6 Å². The number of unbranched alkanes of at least 4 members (excludes halogenated alkanes) is 1. The van der Waals surface area contributed by atoms with Gasteiger partial charge in [0.05, 0.1) is 12.1 Å². The van der Waals surface area contributed by atoms with E-state index in [-0.39, 0.29) is 22.7 Å². The molecule has 1 aliphatic rings. The van der Waals surface area contributed by atoms with Gasteiger partial charge < -0.3 is 5.11 Å². The second-order valence-electron chi connectivity index (χ2n) is 6.92. The summed E-state index contributed by atoms with van der Waals surface area (Å²) in [6.07, 6.45) is -4.75. The molecule has 1 unspecified atom stereocenters. The van der Waals surface area contributed by atoms with Crippen molar-refractivity contribution in [1.82, 2.24) is 5.01 Å². The van der Waals surface area contributed by atoms with Crippen LogP contribution in [0.2, 0.25) is 0 Å². The van der Waals surface area contributed by atoms with Crippen LogP contribution in [0.1, 0.15) is 36.8 Å². The van der Waals surface area contributed by atoms with Crippen molar-refractivity contribution in [2.75, 3.05) is 0 Å². The number of halogens is 4. The van der Waals surface area contributed by atoms with Gasteiger partial charge in [0.15, 0.2) is 0 Å². The van der Waals surface area contributed by atoms with Crippen molar-refractivity contribution in [3.8, 4) is 0 Å². The van der Waals surface area contributed by atoms with Crippen molar-refractivity contribution in [1.29, 1.82) is 0 Å². The highest BCUT2D eigenvalue weighted by Gasteiger charge is 2.63. The molecule has 0 saturated carbocycles. The van der Waals surface area contributed by atoms with Crippen LogP contribution in [0.15, 0.2) is 59.7 Å². The number of carbonyl (C=O) groups excluding carboxylic acids is 1. The van der Waals surface area contributed by atoms with Crippen LogP contribution in [0.4, 0.5) is 17.6 Å². The van der Waals surface area contributed by atoms with E-state index >= 15 is 0 Å². The number of aliphatic hydroxyl groups is 1. The normalized spacial score (nSPS) is 19.3. The molecule has 1 aliphatic heterocycles. The summed E-state index contributed by atoms with van der Waals surface area (Å²) >= 11 is 0. The summed E-state index contributed by atoms with van der Waals surface area (Å²) in [6, 6.07) is 14.7. The largest absolute Gasteiger partial charge is 0.438 e. The molecule has 4 nitrogen and oxygen atoms in total. The third-order valence-corrected chi connectivity index (χ3v) is 4.81. The van der Waals surface area contributed by atoms with Crippen molar-refractivity contribution in [2.24, 2.45) is 5.10 Å². The van der Waals surface area contributed by atoms with Crippen molar-refractivity contribution in [3.63, 3.8) is 0 Å². The highest BCUT2D eigenvalue weighted by atomic mass is 19.4. The number of carbonyl (C=O) groups is 1. The summed E-state index contributed by atoms with van der Waals surface area (Å²) in [5.74, 6) is -1.72. The first-order valence-electron chi connectivity index (χ1n) is 9.21. The van der Waals surface area contributed by atoms with E-state index < -0.39 is 30.0 Å². The Balaban J connectivity index is 1.72. The Morgan fingerprint density at radius 2 is 1.72 bits per heavy atom. The standard InChI is InChI=1S/C21H20F4N2O2/c22-17-12-6-5-11-16(17)18-14-20(29,21(23,24)25)27(26-18)19(28)13-7-4-10-15-8-2-1-3-9-15/h1-3,5-6,8-9,11-12,29H,4,7,10,13-14H2. The van der Waals surface area contributed by atoms with Crippen molar-refractivity contribution in [2.45, 2.75) is 44.0 Å². The van der Waals surface area contributed by atoms with Gasteiger partial charge in [0, 0.05) is 12.0 Å². The lowest BCUT2D eigenvalue weighted by molar-refractivity contribution is -0.302. The Bertz CT molecular complexity index is 899. The van der Waals surface area contributed by atoms with Crippen LogP contribution in [0.3, 0.4) is 0 Å². The zero-order valence-corrected chi connectivity index (χ0v) is 15.5. The minimum absolute atomic E-state index is 0.0668. The van der Waals surface area contributed by atoms with Gasteiger partial charge in [-0.15, -0.1) is 0 Å². The Kier molecular flexibility index (Phi) is 6.02. The molecule has 2 aromatic carbocycles. The van der Waals surface area contributed by atoms with Gasteiger partial charge in [-0.25, -0.2) is 4.39 Å². The van der Waals surface area contributed by atoms with E-state index in [4.69, 9.17) is 0 Å². The number of hydrazone groups is 1. The summed E-state index contributed by atoms with van der Waals surface area (Å²) in [7, 11) is 0. The van der Waals surface area contributed by atoms with Gasteiger partial charge in [-0.3, -0.25) is 4.79 Å².